The molecule has 0 aliphatic heterocycles. The highest BCUT2D eigenvalue weighted by atomic mass is 16.3. The van der Waals surface area contributed by atoms with E-state index in [1.54, 1.807) is 6.26 Å². The molecule has 1 heterocycles. The van der Waals surface area contributed by atoms with E-state index in [2.05, 4.69) is 5.32 Å². The van der Waals surface area contributed by atoms with E-state index in [0.717, 1.165) is 37.9 Å². The number of furan rings is 1. The summed E-state index contributed by atoms with van der Waals surface area (Å²) in [4.78, 5) is 11.9. The molecule has 1 atom stereocenters. The molecule has 0 radical (unpaired) electrons. The Bertz CT molecular complexity index is 392. The minimum atomic E-state index is 0.190. The van der Waals surface area contributed by atoms with Gasteiger partial charge in [-0.25, -0.2) is 0 Å². The van der Waals surface area contributed by atoms with Gasteiger partial charge in [-0.05, 0) is 31.7 Å². The number of aryl methyl sites for hydroxylation is 1. The standard InChI is InChI=1S/C13H17NO2/c15-13(9-3-1-4-9)14-11-5-2-6-12-10(11)7-8-16-12/h7-9,11H,1-6H2,(H,14,15)/t11-/m1/s1. The largest absolute Gasteiger partial charge is 0.469 e. The van der Waals surface area contributed by atoms with Crippen LogP contribution in [0.5, 0.6) is 0 Å². The summed E-state index contributed by atoms with van der Waals surface area (Å²) in [6.07, 6.45) is 8.24. The molecule has 0 unspecified atom stereocenters. The van der Waals surface area contributed by atoms with Gasteiger partial charge in [-0.1, -0.05) is 6.42 Å². The SMILES string of the molecule is O=C(N[C@@H]1CCCc2occc21)C1CCC1. The third kappa shape index (κ3) is 1.64. The van der Waals surface area contributed by atoms with Crippen molar-refractivity contribution in [3.05, 3.63) is 23.7 Å². The highest BCUT2D eigenvalue weighted by molar-refractivity contribution is 5.79. The summed E-state index contributed by atoms with van der Waals surface area (Å²) in [5, 5.41) is 3.16. The van der Waals surface area contributed by atoms with E-state index < -0.39 is 0 Å². The van der Waals surface area contributed by atoms with Crippen LogP contribution in [0.1, 0.15) is 49.5 Å². The molecule has 0 aromatic carbocycles. The second kappa shape index (κ2) is 3.96. The molecule has 0 bridgehead atoms. The van der Waals surface area contributed by atoms with Crippen molar-refractivity contribution in [3.8, 4) is 0 Å². The molecule has 86 valence electrons. The van der Waals surface area contributed by atoms with Crippen molar-refractivity contribution in [1.82, 2.24) is 5.32 Å². The van der Waals surface area contributed by atoms with E-state index >= 15 is 0 Å². The van der Waals surface area contributed by atoms with Crippen molar-refractivity contribution in [3.63, 3.8) is 0 Å². The monoisotopic (exact) mass is 219 g/mol. The Hall–Kier alpha value is -1.25. The van der Waals surface area contributed by atoms with Gasteiger partial charge in [-0.2, -0.15) is 0 Å². The molecule has 3 rings (SSSR count). The Labute approximate surface area is 95.2 Å². The van der Waals surface area contributed by atoms with Gasteiger partial charge in [0.2, 0.25) is 5.91 Å². The highest BCUT2D eigenvalue weighted by Crippen LogP contribution is 2.32. The maximum Gasteiger partial charge on any atom is 0.223 e. The molecular formula is C13H17NO2. The molecule has 1 aromatic heterocycles. The topological polar surface area (TPSA) is 42.2 Å². The fourth-order valence-corrected chi connectivity index (χ4v) is 2.60. The lowest BCUT2D eigenvalue weighted by atomic mass is 9.84. The van der Waals surface area contributed by atoms with Crippen molar-refractivity contribution in [2.24, 2.45) is 5.92 Å². The second-order valence-corrected chi connectivity index (χ2v) is 4.88. The zero-order valence-electron chi connectivity index (χ0n) is 9.37. The van der Waals surface area contributed by atoms with Crippen LogP contribution in [0, 0.1) is 5.92 Å². The summed E-state index contributed by atoms with van der Waals surface area (Å²) in [5.41, 5.74) is 1.19. The van der Waals surface area contributed by atoms with Gasteiger partial charge < -0.3 is 9.73 Å². The smallest absolute Gasteiger partial charge is 0.223 e. The fraction of sp³-hybridized carbons (Fsp3) is 0.615. The number of rotatable bonds is 2. The first-order valence-electron chi connectivity index (χ1n) is 6.21. The van der Waals surface area contributed by atoms with E-state index in [4.69, 9.17) is 4.42 Å². The van der Waals surface area contributed by atoms with E-state index in [1.807, 2.05) is 6.07 Å². The summed E-state index contributed by atoms with van der Waals surface area (Å²) in [7, 11) is 0. The van der Waals surface area contributed by atoms with Crippen LogP contribution in [0.2, 0.25) is 0 Å². The summed E-state index contributed by atoms with van der Waals surface area (Å²) in [6, 6.07) is 2.19. The van der Waals surface area contributed by atoms with Crippen molar-refractivity contribution < 1.29 is 9.21 Å². The summed E-state index contributed by atoms with van der Waals surface area (Å²) in [5.74, 6) is 1.58. The van der Waals surface area contributed by atoms with E-state index in [-0.39, 0.29) is 17.9 Å². The maximum atomic E-state index is 11.9. The van der Waals surface area contributed by atoms with Crippen LogP contribution in [0.25, 0.3) is 0 Å². The Balaban J connectivity index is 1.70. The first-order valence-corrected chi connectivity index (χ1v) is 6.21. The van der Waals surface area contributed by atoms with E-state index in [0.29, 0.717) is 0 Å². The van der Waals surface area contributed by atoms with Gasteiger partial charge in [0.15, 0.2) is 0 Å². The minimum Gasteiger partial charge on any atom is -0.469 e. The predicted molar refractivity (Wildman–Crippen MR) is 59.9 cm³/mol. The molecule has 0 saturated heterocycles. The zero-order chi connectivity index (χ0) is 11.0. The number of hydrogen-bond acceptors (Lipinski definition) is 2. The Morgan fingerprint density at radius 3 is 2.94 bits per heavy atom. The van der Waals surface area contributed by atoms with Gasteiger partial charge >= 0.3 is 0 Å². The number of amides is 1. The molecule has 1 saturated carbocycles. The molecule has 1 fully saturated rings. The molecule has 2 aliphatic rings. The normalized spacial score (nSPS) is 24.6. The van der Waals surface area contributed by atoms with Crippen LogP contribution < -0.4 is 5.32 Å². The van der Waals surface area contributed by atoms with Gasteiger partial charge in [0, 0.05) is 17.9 Å². The first-order chi connectivity index (χ1) is 7.84. The molecule has 16 heavy (non-hydrogen) atoms. The van der Waals surface area contributed by atoms with Crippen LogP contribution >= 0.6 is 0 Å². The van der Waals surface area contributed by atoms with Crippen molar-refractivity contribution in [2.75, 3.05) is 0 Å². The van der Waals surface area contributed by atoms with E-state index in [9.17, 15) is 4.79 Å². The van der Waals surface area contributed by atoms with Gasteiger partial charge in [0.25, 0.3) is 0 Å². The van der Waals surface area contributed by atoms with Crippen LogP contribution in [-0.2, 0) is 11.2 Å². The lowest BCUT2D eigenvalue weighted by Crippen LogP contribution is -2.37. The summed E-state index contributed by atoms with van der Waals surface area (Å²) >= 11 is 0. The first kappa shape index (κ1) is 9.94. The molecule has 3 nitrogen and oxygen atoms in total. The van der Waals surface area contributed by atoms with Gasteiger partial charge in [-0.15, -0.1) is 0 Å². The Morgan fingerprint density at radius 1 is 1.31 bits per heavy atom. The zero-order valence-corrected chi connectivity index (χ0v) is 9.37. The minimum absolute atomic E-state index is 0.190. The Kier molecular flexibility index (Phi) is 2.46. The van der Waals surface area contributed by atoms with Gasteiger partial charge in [-0.3, -0.25) is 4.79 Å². The highest BCUT2D eigenvalue weighted by Gasteiger charge is 2.29. The third-order valence-corrected chi connectivity index (χ3v) is 3.84. The molecule has 1 N–H and O–H groups in total. The van der Waals surface area contributed by atoms with Crippen molar-refractivity contribution in [1.29, 1.82) is 0 Å². The number of carbonyl (C=O) groups is 1. The number of hydrogen-bond donors (Lipinski definition) is 1. The van der Waals surface area contributed by atoms with Crippen LogP contribution in [-0.4, -0.2) is 5.91 Å². The molecule has 1 aromatic rings. The quantitative estimate of drug-likeness (QED) is 0.830. The van der Waals surface area contributed by atoms with Crippen molar-refractivity contribution >= 4 is 5.91 Å². The Morgan fingerprint density at radius 2 is 2.19 bits per heavy atom. The summed E-state index contributed by atoms with van der Waals surface area (Å²) in [6.45, 7) is 0. The molecular weight excluding hydrogens is 202 g/mol. The van der Waals surface area contributed by atoms with Crippen LogP contribution in [0.3, 0.4) is 0 Å². The molecule has 0 spiro atoms. The van der Waals surface area contributed by atoms with Gasteiger partial charge in [0.1, 0.15) is 5.76 Å². The average molecular weight is 219 g/mol. The van der Waals surface area contributed by atoms with Crippen molar-refractivity contribution in [2.45, 2.75) is 44.6 Å². The second-order valence-electron chi connectivity index (χ2n) is 4.88. The molecule has 1 amide bonds. The van der Waals surface area contributed by atoms with Gasteiger partial charge in [0.05, 0.1) is 12.3 Å². The lowest BCUT2D eigenvalue weighted by molar-refractivity contribution is -0.128. The number of fused-ring (bicyclic) bond motifs is 1. The molecule has 3 heteroatoms. The van der Waals surface area contributed by atoms with Crippen LogP contribution in [0.15, 0.2) is 16.7 Å². The van der Waals surface area contributed by atoms with Crippen LogP contribution in [0.4, 0.5) is 0 Å². The fourth-order valence-electron chi connectivity index (χ4n) is 2.60. The van der Waals surface area contributed by atoms with E-state index in [1.165, 1.54) is 12.0 Å². The molecule has 2 aliphatic carbocycles. The third-order valence-electron chi connectivity index (χ3n) is 3.84. The number of nitrogens with one attached hydrogen (secondary N) is 1. The lowest BCUT2D eigenvalue weighted by Gasteiger charge is -2.29. The number of carbonyl (C=O) groups excluding carboxylic acids is 1. The maximum absolute atomic E-state index is 11.9. The predicted octanol–water partition coefficient (Wildman–Crippen LogP) is 2.57. The average Bonchev–Trinajstić information content (AvgIpc) is 2.63. The summed E-state index contributed by atoms with van der Waals surface area (Å²) < 4.78 is 5.42.